The Balaban J connectivity index is 1.80. The van der Waals surface area contributed by atoms with Gasteiger partial charge < -0.3 is 15.2 Å². The van der Waals surface area contributed by atoms with E-state index in [1.54, 1.807) is 0 Å². The summed E-state index contributed by atoms with van der Waals surface area (Å²) in [6.45, 7) is 4.04. The highest BCUT2D eigenvalue weighted by molar-refractivity contribution is 5.98. The van der Waals surface area contributed by atoms with Gasteiger partial charge in [-0.25, -0.2) is 0 Å². The molecule has 1 aromatic heterocycles. The van der Waals surface area contributed by atoms with E-state index in [1.807, 2.05) is 31.2 Å². The van der Waals surface area contributed by atoms with Crippen molar-refractivity contribution in [2.24, 2.45) is 0 Å². The molecule has 1 aromatic carbocycles. The number of para-hydroxylation sites is 1. The molecule has 0 spiro atoms. The first-order chi connectivity index (χ1) is 9.13. The van der Waals surface area contributed by atoms with Gasteiger partial charge in [0.2, 0.25) is 0 Å². The standard InChI is InChI=1S/C15H19N3O/c1-10-4-3-5-11-8-13(17-14(10)11)15(19)16-12-6-7-18(2)9-12/h3-5,8,12,17H,6-7,9H2,1-2H3,(H,16,19)/t12-/m0/s1. The third kappa shape index (κ3) is 2.36. The molecule has 2 aromatic rings. The fourth-order valence-electron chi connectivity index (χ4n) is 2.75. The third-order valence-electron chi connectivity index (χ3n) is 3.84. The van der Waals surface area contributed by atoms with Crippen molar-refractivity contribution in [2.45, 2.75) is 19.4 Å². The number of hydrogen-bond acceptors (Lipinski definition) is 2. The first kappa shape index (κ1) is 12.2. The van der Waals surface area contributed by atoms with E-state index >= 15 is 0 Å². The summed E-state index contributed by atoms with van der Waals surface area (Å²) in [6.07, 6.45) is 1.03. The SMILES string of the molecule is Cc1cccc2cc(C(=O)N[C@H]3CCN(C)C3)[nH]c12. The number of rotatable bonds is 2. The van der Waals surface area contributed by atoms with Crippen LogP contribution in [0.15, 0.2) is 24.3 Å². The topological polar surface area (TPSA) is 48.1 Å². The quantitative estimate of drug-likeness (QED) is 0.863. The van der Waals surface area contributed by atoms with E-state index in [4.69, 9.17) is 0 Å². The molecule has 0 aliphatic carbocycles. The summed E-state index contributed by atoms with van der Waals surface area (Å²) in [5.74, 6) is -0.00380. The Labute approximate surface area is 112 Å². The van der Waals surface area contributed by atoms with E-state index in [1.165, 1.54) is 0 Å². The molecule has 0 saturated carbocycles. The number of hydrogen-bond donors (Lipinski definition) is 2. The van der Waals surface area contributed by atoms with Crippen LogP contribution in [0.4, 0.5) is 0 Å². The monoisotopic (exact) mass is 257 g/mol. The second-order valence-corrected chi connectivity index (χ2v) is 5.44. The van der Waals surface area contributed by atoms with Gasteiger partial charge in [-0.3, -0.25) is 4.79 Å². The maximum Gasteiger partial charge on any atom is 0.267 e. The molecule has 4 nitrogen and oxygen atoms in total. The molecule has 1 atom stereocenters. The number of carbonyl (C=O) groups is 1. The molecule has 1 saturated heterocycles. The molecule has 1 aliphatic heterocycles. The van der Waals surface area contributed by atoms with Gasteiger partial charge in [-0.1, -0.05) is 18.2 Å². The lowest BCUT2D eigenvalue weighted by Gasteiger charge is -2.11. The van der Waals surface area contributed by atoms with Crippen LogP contribution in [0.2, 0.25) is 0 Å². The summed E-state index contributed by atoms with van der Waals surface area (Å²) in [6, 6.07) is 8.28. The lowest BCUT2D eigenvalue weighted by Crippen LogP contribution is -2.36. The van der Waals surface area contributed by atoms with Gasteiger partial charge in [0.25, 0.3) is 5.91 Å². The molecule has 0 radical (unpaired) electrons. The molecule has 100 valence electrons. The van der Waals surface area contributed by atoms with Gasteiger partial charge in [0.1, 0.15) is 5.69 Å². The van der Waals surface area contributed by atoms with Crippen LogP contribution in [0.1, 0.15) is 22.5 Å². The lowest BCUT2D eigenvalue weighted by molar-refractivity contribution is 0.0934. The number of likely N-dealkylation sites (N-methyl/N-ethyl adjacent to an activating group) is 1. The Morgan fingerprint density at radius 2 is 2.32 bits per heavy atom. The fourth-order valence-corrected chi connectivity index (χ4v) is 2.75. The van der Waals surface area contributed by atoms with Crippen molar-refractivity contribution in [3.05, 3.63) is 35.5 Å². The Kier molecular flexibility index (Phi) is 3.03. The number of H-pyrrole nitrogens is 1. The summed E-state index contributed by atoms with van der Waals surface area (Å²) in [5.41, 5.74) is 2.87. The number of nitrogens with one attached hydrogen (secondary N) is 2. The van der Waals surface area contributed by atoms with Crippen molar-refractivity contribution in [2.75, 3.05) is 20.1 Å². The zero-order chi connectivity index (χ0) is 13.4. The molecule has 3 rings (SSSR count). The van der Waals surface area contributed by atoms with E-state index in [2.05, 4.69) is 22.2 Å². The average molecular weight is 257 g/mol. The number of benzene rings is 1. The van der Waals surface area contributed by atoms with Crippen LogP contribution in [0, 0.1) is 6.92 Å². The van der Waals surface area contributed by atoms with Crippen molar-refractivity contribution >= 4 is 16.8 Å². The van der Waals surface area contributed by atoms with Gasteiger partial charge >= 0.3 is 0 Å². The summed E-state index contributed by atoms with van der Waals surface area (Å²) >= 11 is 0. The van der Waals surface area contributed by atoms with E-state index in [0.29, 0.717) is 5.69 Å². The predicted molar refractivity (Wildman–Crippen MR) is 76.4 cm³/mol. The van der Waals surface area contributed by atoms with Crippen LogP contribution in [0.5, 0.6) is 0 Å². The molecule has 1 fully saturated rings. The fraction of sp³-hybridized carbons (Fsp3) is 0.400. The van der Waals surface area contributed by atoms with Gasteiger partial charge in [0, 0.05) is 23.5 Å². The average Bonchev–Trinajstić information content (AvgIpc) is 2.96. The minimum Gasteiger partial charge on any atom is -0.350 e. The molecule has 1 amide bonds. The second-order valence-electron chi connectivity index (χ2n) is 5.44. The summed E-state index contributed by atoms with van der Waals surface area (Å²) < 4.78 is 0. The lowest BCUT2D eigenvalue weighted by atomic mass is 10.2. The third-order valence-corrected chi connectivity index (χ3v) is 3.84. The van der Waals surface area contributed by atoms with Crippen molar-refractivity contribution in [3.8, 4) is 0 Å². The van der Waals surface area contributed by atoms with Gasteiger partial charge in [0.05, 0.1) is 0 Å². The number of amides is 1. The highest BCUT2D eigenvalue weighted by Crippen LogP contribution is 2.19. The minimum atomic E-state index is -0.00380. The molecule has 1 aliphatic rings. The molecule has 2 heterocycles. The minimum absolute atomic E-state index is 0.00380. The van der Waals surface area contributed by atoms with Crippen molar-refractivity contribution in [3.63, 3.8) is 0 Å². The Hall–Kier alpha value is -1.81. The first-order valence-corrected chi connectivity index (χ1v) is 6.71. The molecular weight excluding hydrogens is 238 g/mol. The Morgan fingerprint density at radius 1 is 1.47 bits per heavy atom. The maximum absolute atomic E-state index is 12.2. The van der Waals surface area contributed by atoms with E-state index in [9.17, 15) is 4.79 Å². The number of aromatic amines is 1. The first-order valence-electron chi connectivity index (χ1n) is 6.71. The van der Waals surface area contributed by atoms with E-state index in [0.717, 1.165) is 36.0 Å². The smallest absolute Gasteiger partial charge is 0.267 e. The van der Waals surface area contributed by atoms with E-state index in [-0.39, 0.29) is 11.9 Å². The van der Waals surface area contributed by atoms with Crippen molar-refractivity contribution in [1.82, 2.24) is 15.2 Å². The van der Waals surface area contributed by atoms with Gasteiger partial charge in [-0.15, -0.1) is 0 Å². The van der Waals surface area contributed by atoms with Crippen LogP contribution >= 0.6 is 0 Å². The predicted octanol–water partition coefficient (Wildman–Crippen LogP) is 1.91. The van der Waals surface area contributed by atoms with Crippen LogP contribution in [-0.4, -0.2) is 42.0 Å². The number of aromatic nitrogens is 1. The molecule has 19 heavy (non-hydrogen) atoms. The van der Waals surface area contributed by atoms with Gasteiger partial charge in [-0.05, 0) is 38.6 Å². The van der Waals surface area contributed by atoms with Crippen LogP contribution in [-0.2, 0) is 0 Å². The summed E-state index contributed by atoms with van der Waals surface area (Å²) in [7, 11) is 2.08. The number of fused-ring (bicyclic) bond motifs is 1. The van der Waals surface area contributed by atoms with Crippen LogP contribution in [0.25, 0.3) is 10.9 Å². The van der Waals surface area contributed by atoms with Gasteiger partial charge in [-0.2, -0.15) is 0 Å². The second kappa shape index (κ2) is 4.70. The summed E-state index contributed by atoms with van der Waals surface area (Å²) in [5, 5.41) is 4.19. The Morgan fingerprint density at radius 3 is 3.00 bits per heavy atom. The highest BCUT2D eigenvalue weighted by atomic mass is 16.1. The molecule has 2 N–H and O–H groups in total. The largest absolute Gasteiger partial charge is 0.350 e. The van der Waals surface area contributed by atoms with E-state index < -0.39 is 0 Å². The number of nitrogens with zero attached hydrogens (tertiary/aromatic N) is 1. The number of aryl methyl sites for hydroxylation is 1. The van der Waals surface area contributed by atoms with Crippen LogP contribution < -0.4 is 5.32 Å². The summed E-state index contributed by atoms with van der Waals surface area (Å²) in [4.78, 5) is 17.7. The highest BCUT2D eigenvalue weighted by Gasteiger charge is 2.22. The number of likely N-dealkylation sites (tertiary alicyclic amines) is 1. The molecule has 0 bridgehead atoms. The zero-order valence-electron chi connectivity index (χ0n) is 11.4. The maximum atomic E-state index is 12.2. The molecule has 0 unspecified atom stereocenters. The van der Waals surface area contributed by atoms with Crippen LogP contribution in [0.3, 0.4) is 0 Å². The Bertz CT molecular complexity index is 617. The molecule has 4 heteroatoms. The molecular formula is C15H19N3O. The number of carbonyl (C=O) groups excluding carboxylic acids is 1. The zero-order valence-corrected chi connectivity index (χ0v) is 11.4. The normalized spacial score (nSPS) is 20.0. The van der Waals surface area contributed by atoms with Crippen molar-refractivity contribution < 1.29 is 4.79 Å². The van der Waals surface area contributed by atoms with Crippen molar-refractivity contribution in [1.29, 1.82) is 0 Å². The van der Waals surface area contributed by atoms with Gasteiger partial charge in [0.15, 0.2) is 0 Å².